The number of alkyl halides is 3. The van der Waals surface area contributed by atoms with Gasteiger partial charge in [0, 0.05) is 18.1 Å². The van der Waals surface area contributed by atoms with Crippen molar-refractivity contribution in [1.82, 2.24) is 0 Å². The maximum atomic E-state index is 13.2. The second-order valence-electron chi connectivity index (χ2n) is 7.29. The normalized spacial score (nSPS) is 18.9. The van der Waals surface area contributed by atoms with Crippen LogP contribution >= 0.6 is 0 Å². The highest BCUT2D eigenvalue weighted by molar-refractivity contribution is 6.44. The molecule has 0 fully saturated rings. The van der Waals surface area contributed by atoms with Crippen LogP contribution in [0.3, 0.4) is 0 Å². The molecule has 1 aliphatic carbocycles. The number of hydrogen-bond acceptors (Lipinski definition) is 5. The molecule has 0 amide bonds. The number of methoxy groups -OCH3 is 1. The summed E-state index contributed by atoms with van der Waals surface area (Å²) in [7, 11) is 1.45. The first-order chi connectivity index (χ1) is 15.7. The van der Waals surface area contributed by atoms with Gasteiger partial charge in [0.15, 0.2) is 0 Å². The quantitative estimate of drug-likeness (QED) is 0.368. The molecule has 2 aromatic carbocycles. The van der Waals surface area contributed by atoms with E-state index in [9.17, 15) is 22.8 Å². The minimum Gasteiger partial charge on any atom is -0.497 e. The van der Waals surface area contributed by atoms with Crippen LogP contribution in [0.1, 0.15) is 28.9 Å². The summed E-state index contributed by atoms with van der Waals surface area (Å²) in [5.41, 5.74) is 0.810. The van der Waals surface area contributed by atoms with Crippen molar-refractivity contribution in [3.8, 4) is 5.75 Å². The Hall–Kier alpha value is -3.39. The zero-order valence-electron chi connectivity index (χ0n) is 18.0. The number of rotatable bonds is 9. The summed E-state index contributed by atoms with van der Waals surface area (Å²) in [6.45, 7) is 2.05. The third-order valence-electron chi connectivity index (χ3n) is 5.18. The van der Waals surface area contributed by atoms with E-state index < -0.39 is 35.9 Å². The Kier molecular flexibility index (Phi) is 7.71. The Morgan fingerprint density at radius 2 is 1.70 bits per heavy atom. The van der Waals surface area contributed by atoms with Gasteiger partial charge in [-0.05, 0) is 36.8 Å². The van der Waals surface area contributed by atoms with Crippen molar-refractivity contribution in [2.45, 2.75) is 19.4 Å². The highest BCUT2D eigenvalue weighted by Crippen LogP contribution is 2.38. The first-order valence-electron chi connectivity index (χ1n) is 10.3. The molecule has 3 unspecified atom stereocenters. The van der Waals surface area contributed by atoms with E-state index in [1.165, 1.54) is 31.4 Å². The summed E-state index contributed by atoms with van der Waals surface area (Å²) >= 11 is 0. The van der Waals surface area contributed by atoms with E-state index in [0.29, 0.717) is 11.3 Å². The largest absolute Gasteiger partial charge is 0.573 e. The number of ether oxygens (including phenoxy) is 3. The number of allylic oxidation sites excluding steroid dienone is 2. The van der Waals surface area contributed by atoms with Crippen LogP contribution in [0.2, 0.25) is 0 Å². The van der Waals surface area contributed by atoms with Crippen LogP contribution in [0.4, 0.5) is 13.2 Å². The SMILES string of the molecule is CCOC(c1ccc(OC(F)(F)F)cc1)C1C=CC(OC)=CC1C(=O)C(=O)c1ccccc1. The summed E-state index contributed by atoms with van der Waals surface area (Å²) in [6, 6.07) is 13.5. The van der Waals surface area contributed by atoms with Gasteiger partial charge in [0.25, 0.3) is 0 Å². The van der Waals surface area contributed by atoms with Gasteiger partial charge in [-0.15, -0.1) is 13.2 Å². The number of halogens is 3. The van der Waals surface area contributed by atoms with E-state index in [0.717, 1.165) is 0 Å². The number of benzene rings is 2. The average Bonchev–Trinajstić information content (AvgIpc) is 2.81. The number of carbonyl (C=O) groups is 2. The molecule has 2 aromatic rings. The zero-order chi connectivity index (χ0) is 24.0. The van der Waals surface area contributed by atoms with Gasteiger partial charge in [0.1, 0.15) is 11.5 Å². The summed E-state index contributed by atoms with van der Waals surface area (Å²) in [4.78, 5) is 26.1. The fraction of sp³-hybridized carbons (Fsp3) is 0.280. The lowest BCUT2D eigenvalue weighted by Gasteiger charge is -2.31. The molecule has 0 saturated carbocycles. The number of carbonyl (C=O) groups excluding carboxylic acids is 2. The first-order valence-corrected chi connectivity index (χ1v) is 10.3. The van der Waals surface area contributed by atoms with Crippen molar-refractivity contribution in [2.24, 2.45) is 11.8 Å². The lowest BCUT2D eigenvalue weighted by molar-refractivity contribution is -0.274. The Balaban J connectivity index is 1.93. The van der Waals surface area contributed by atoms with Crippen LogP contribution in [-0.4, -0.2) is 31.6 Å². The highest BCUT2D eigenvalue weighted by Gasteiger charge is 2.38. The zero-order valence-corrected chi connectivity index (χ0v) is 18.0. The molecule has 0 heterocycles. The molecule has 0 bridgehead atoms. The van der Waals surface area contributed by atoms with Gasteiger partial charge in [-0.25, -0.2) is 0 Å². The average molecular weight is 460 g/mol. The second-order valence-corrected chi connectivity index (χ2v) is 7.29. The molecule has 0 aliphatic heterocycles. The van der Waals surface area contributed by atoms with E-state index in [1.807, 2.05) is 0 Å². The lowest BCUT2D eigenvalue weighted by atomic mass is 9.77. The van der Waals surface area contributed by atoms with Gasteiger partial charge >= 0.3 is 6.36 Å². The van der Waals surface area contributed by atoms with E-state index in [-0.39, 0.29) is 17.9 Å². The van der Waals surface area contributed by atoms with Gasteiger partial charge in [0.05, 0.1) is 19.1 Å². The molecule has 1 aliphatic rings. The second kappa shape index (κ2) is 10.5. The Labute approximate surface area is 189 Å². The minimum absolute atomic E-state index is 0.268. The molecule has 33 heavy (non-hydrogen) atoms. The molecule has 0 N–H and O–H groups in total. The predicted octanol–water partition coefficient (Wildman–Crippen LogP) is 5.45. The number of ketones is 2. The van der Waals surface area contributed by atoms with Crippen LogP contribution in [-0.2, 0) is 14.3 Å². The molecule has 0 radical (unpaired) electrons. The maximum absolute atomic E-state index is 13.2. The lowest BCUT2D eigenvalue weighted by Crippen LogP contribution is -2.33. The van der Waals surface area contributed by atoms with Crippen LogP contribution in [0.5, 0.6) is 5.75 Å². The Morgan fingerprint density at radius 1 is 1.03 bits per heavy atom. The molecule has 174 valence electrons. The van der Waals surface area contributed by atoms with Crippen LogP contribution in [0, 0.1) is 11.8 Å². The monoisotopic (exact) mass is 460 g/mol. The molecular weight excluding hydrogens is 437 g/mol. The minimum atomic E-state index is -4.80. The van der Waals surface area contributed by atoms with Gasteiger partial charge in [-0.3, -0.25) is 9.59 Å². The molecule has 0 saturated heterocycles. The van der Waals surface area contributed by atoms with Crippen molar-refractivity contribution in [3.63, 3.8) is 0 Å². The molecule has 3 rings (SSSR count). The molecule has 8 heteroatoms. The Morgan fingerprint density at radius 3 is 2.27 bits per heavy atom. The Bertz CT molecular complexity index is 1030. The molecule has 0 spiro atoms. The summed E-state index contributed by atoms with van der Waals surface area (Å²) in [5.74, 6) is -2.69. The maximum Gasteiger partial charge on any atom is 0.573 e. The third-order valence-corrected chi connectivity index (χ3v) is 5.18. The van der Waals surface area contributed by atoms with Gasteiger partial charge in [-0.2, -0.15) is 0 Å². The smallest absolute Gasteiger partial charge is 0.497 e. The molecular formula is C25H23F3O5. The van der Waals surface area contributed by atoms with Crippen molar-refractivity contribution in [2.75, 3.05) is 13.7 Å². The van der Waals surface area contributed by atoms with Crippen molar-refractivity contribution >= 4 is 11.6 Å². The van der Waals surface area contributed by atoms with Gasteiger partial charge < -0.3 is 14.2 Å². The fourth-order valence-corrected chi connectivity index (χ4v) is 3.70. The standard InChI is InChI=1S/C25H23F3O5/c1-3-32-24(17-9-11-18(12-10-17)33-25(26,27)28)20-14-13-19(31-2)15-21(20)23(30)22(29)16-7-5-4-6-8-16/h4-15,20-21,24H,3H2,1-2H3. The van der Waals surface area contributed by atoms with Crippen molar-refractivity contribution < 1.29 is 37.0 Å². The van der Waals surface area contributed by atoms with Crippen LogP contribution in [0.15, 0.2) is 78.6 Å². The fourth-order valence-electron chi connectivity index (χ4n) is 3.70. The van der Waals surface area contributed by atoms with Crippen LogP contribution < -0.4 is 4.74 Å². The summed E-state index contributed by atoms with van der Waals surface area (Å²) in [5, 5.41) is 0. The van der Waals surface area contributed by atoms with E-state index in [4.69, 9.17) is 9.47 Å². The van der Waals surface area contributed by atoms with Crippen molar-refractivity contribution in [1.29, 1.82) is 0 Å². The first kappa shape index (κ1) is 24.3. The van der Waals surface area contributed by atoms with Gasteiger partial charge in [-0.1, -0.05) is 48.5 Å². The topological polar surface area (TPSA) is 61.8 Å². The van der Waals surface area contributed by atoms with E-state index in [1.54, 1.807) is 55.5 Å². The summed E-state index contributed by atoms with van der Waals surface area (Å²) in [6.07, 6.45) is -0.530. The third kappa shape index (κ3) is 6.10. The van der Waals surface area contributed by atoms with E-state index in [2.05, 4.69) is 4.74 Å². The highest BCUT2D eigenvalue weighted by atomic mass is 19.4. The molecule has 0 aromatic heterocycles. The van der Waals surface area contributed by atoms with Gasteiger partial charge in [0.2, 0.25) is 11.6 Å². The molecule has 5 nitrogen and oxygen atoms in total. The molecule has 3 atom stereocenters. The van der Waals surface area contributed by atoms with Crippen molar-refractivity contribution in [3.05, 3.63) is 89.7 Å². The predicted molar refractivity (Wildman–Crippen MR) is 114 cm³/mol. The number of Topliss-reactive ketones (excluding diaryl/α,β-unsaturated/α-hetero) is 2. The van der Waals surface area contributed by atoms with E-state index >= 15 is 0 Å². The van der Waals surface area contributed by atoms with Crippen LogP contribution in [0.25, 0.3) is 0 Å². The summed E-state index contributed by atoms with van der Waals surface area (Å²) < 4.78 is 52.6. The number of hydrogen-bond donors (Lipinski definition) is 0.